The van der Waals surface area contributed by atoms with Crippen molar-refractivity contribution in [2.45, 2.75) is 5.41 Å². The highest BCUT2D eigenvalue weighted by molar-refractivity contribution is 6.13. The smallest absolute Gasteiger partial charge is 0.137 e. The lowest BCUT2D eigenvalue weighted by Crippen LogP contribution is -2.26. The molecule has 58 heavy (non-hydrogen) atoms. The Balaban J connectivity index is 1.12. The van der Waals surface area contributed by atoms with Gasteiger partial charge in [-0.15, -0.1) is 0 Å². The number of rotatable bonds is 6. The first-order valence-corrected chi connectivity index (χ1v) is 19.5. The van der Waals surface area contributed by atoms with Gasteiger partial charge in [0.1, 0.15) is 11.2 Å². The van der Waals surface area contributed by atoms with Crippen LogP contribution in [0.3, 0.4) is 0 Å². The zero-order valence-corrected chi connectivity index (χ0v) is 31.2. The van der Waals surface area contributed by atoms with Gasteiger partial charge < -0.3 is 14.2 Å². The Kier molecular flexibility index (Phi) is 6.11. The third kappa shape index (κ3) is 4.62. The molecule has 1 heterocycles. The first kappa shape index (κ1) is 27.9. The van der Waals surface area contributed by atoms with Crippen LogP contribution in [0.4, 0.5) is 34.1 Å². The van der Waals surface area contributed by atoms with Crippen molar-refractivity contribution in [2.24, 2.45) is 0 Å². The zero-order chi connectivity index (χ0) is 42.6. The average Bonchev–Trinajstić information content (AvgIpc) is 3.96. The second-order valence-corrected chi connectivity index (χ2v) is 14.9. The first-order chi connectivity index (χ1) is 30.9. The van der Waals surface area contributed by atoms with Crippen molar-refractivity contribution in [3.05, 3.63) is 241 Å². The highest BCUT2D eigenvalue weighted by Gasteiger charge is 2.52. The molecule has 1 aromatic heterocycles. The molecule has 272 valence electrons. The molecule has 1 unspecified atom stereocenters. The van der Waals surface area contributed by atoms with Gasteiger partial charge in [-0.2, -0.15) is 0 Å². The molecule has 0 aliphatic heterocycles. The summed E-state index contributed by atoms with van der Waals surface area (Å²) in [5.74, 6) is 0. The highest BCUT2D eigenvalue weighted by atomic mass is 16.3. The lowest BCUT2D eigenvalue weighted by atomic mass is 9.70. The minimum Gasteiger partial charge on any atom is -0.456 e. The van der Waals surface area contributed by atoms with E-state index >= 15 is 0 Å². The van der Waals surface area contributed by atoms with E-state index in [4.69, 9.17) is 11.3 Å². The Morgan fingerprint density at radius 2 is 0.948 bits per heavy atom. The van der Waals surface area contributed by atoms with Crippen molar-refractivity contribution >= 4 is 56.1 Å². The fourth-order valence-electron chi connectivity index (χ4n) is 9.68. The number of furan rings is 1. The lowest BCUT2D eigenvalue weighted by Gasteiger charge is -2.32. The topological polar surface area (TPSA) is 19.6 Å². The van der Waals surface area contributed by atoms with Crippen LogP contribution in [0, 0.1) is 0 Å². The largest absolute Gasteiger partial charge is 0.456 e. The molecule has 0 N–H and O–H groups in total. The van der Waals surface area contributed by atoms with Gasteiger partial charge in [-0.3, -0.25) is 0 Å². The fraction of sp³-hybridized carbons (Fsp3) is 0.0182. The zero-order valence-electron chi connectivity index (χ0n) is 36.2. The summed E-state index contributed by atoms with van der Waals surface area (Å²) in [6.07, 6.45) is 0. The standard InChI is InChI=1S/C55H36N2O/c1-4-17-37(18-5-1)56(38-19-6-2-7-20-38)41-31-33-44-42-23-10-13-26-47(42)55(50(44)36-41)48-27-14-11-24-43(48)46-35-40(32-34-49(46)55)57(39-21-8-3-9-22-39)51-28-16-30-53-54(51)45-25-12-15-29-52(45)58-53/h1-36H/i1D,4D,5D,17D,18D. The van der Waals surface area contributed by atoms with Crippen LogP contribution < -0.4 is 9.80 Å². The summed E-state index contributed by atoms with van der Waals surface area (Å²) in [6.45, 7) is 0. The van der Waals surface area contributed by atoms with Crippen LogP contribution in [0.1, 0.15) is 29.1 Å². The van der Waals surface area contributed by atoms with E-state index in [0.29, 0.717) is 11.4 Å². The Morgan fingerprint density at radius 1 is 0.379 bits per heavy atom. The van der Waals surface area contributed by atoms with Gasteiger partial charge in [0.05, 0.1) is 23.3 Å². The van der Waals surface area contributed by atoms with E-state index in [9.17, 15) is 0 Å². The monoisotopic (exact) mass is 745 g/mol. The van der Waals surface area contributed by atoms with Crippen LogP contribution >= 0.6 is 0 Å². The van der Waals surface area contributed by atoms with Crippen LogP contribution in [-0.2, 0) is 5.41 Å². The Bertz CT molecular complexity index is 3470. The minimum atomic E-state index is -0.729. The maximum atomic E-state index is 9.11. The molecule has 0 saturated carbocycles. The molecular weight excluding hydrogens is 705 g/mol. The van der Waals surface area contributed by atoms with Crippen LogP contribution in [0.5, 0.6) is 0 Å². The van der Waals surface area contributed by atoms with Gasteiger partial charge in [-0.25, -0.2) is 0 Å². The maximum absolute atomic E-state index is 9.11. The van der Waals surface area contributed by atoms with Crippen molar-refractivity contribution < 1.29 is 11.3 Å². The molecule has 0 saturated heterocycles. The molecule has 9 aromatic carbocycles. The quantitative estimate of drug-likeness (QED) is 0.169. The summed E-state index contributed by atoms with van der Waals surface area (Å²) >= 11 is 0. The Labute approximate surface area is 344 Å². The molecule has 0 amide bonds. The van der Waals surface area contributed by atoms with E-state index in [1.807, 2.05) is 60.7 Å². The molecule has 0 fully saturated rings. The maximum Gasteiger partial charge on any atom is 0.137 e. The molecule has 2 aliphatic carbocycles. The Morgan fingerprint density at radius 3 is 1.71 bits per heavy atom. The van der Waals surface area contributed by atoms with Gasteiger partial charge >= 0.3 is 0 Å². The van der Waals surface area contributed by atoms with E-state index in [1.165, 1.54) is 5.56 Å². The van der Waals surface area contributed by atoms with Gasteiger partial charge in [0.2, 0.25) is 0 Å². The SMILES string of the molecule is [2H]c1c([2H])c([2H])c(N(c2ccccc2)c2ccc3c(c2)C2(c4ccccc4-c4cc(N(c5ccccc5)c5cccc6oc7ccccc7c56)ccc42)c2ccccc2-3)c([2H])c1[2H]. The number of para-hydroxylation sites is 4. The lowest BCUT2D eigenvalue weighted by molar-refractivity contribution is 0.669. The van der Waals surface area contributed by atoms with Crippen LogP contribution in [0.2, 0.25) is 0 Å². The second-order valence-electron chi connectivity index (χ2n) is 14.9. The van der Waals surface area contributed by atoms with Crippen LogP contribution in [-0.4, -0.2) is 0 Å². The molecule has 10 aromatic rings. The summed E-state index contributed by atoms with van der Waals surface area (Å²) in [6, 6.07) is 63.2. The van der Waals surface area contributed by atoms with Crippen molar-refractivity contribution in [1.82, 2.24) is 0 Å². The van der Waals surface area contributed by atoms with E-state index in [2.05, 4.69) is 132 Å². The molecule has 3 heteroatoms. The van der Waals surface area contributed by atoms with Crippen molar-refractivity contribution in [3.8, 4) is 22.3 Å². The highest BCUT2D eigenvalue weighted by Crippen LogP contribution is 2.64. The summed E-state index contributed by atoms with van der Waals surface area (Å²) in [5.41, 5.74) is 14.4. The summed E-state index contributed by atoms with van der Waals surface area (Å²) in [7, 11) is 0. The number of hydrogen-bond donors (Lipinski definition) is 0. The van der Waals surface area contributed by atoms with Gasteiger partial charge in [-0.1, -0.05) is 139 Å². The molecule has 0 bridgehead atoms. The molecule has 1 spiro atoms. The summed E-state index contributed by atoms with van der Waals surface area (Å²) in [5, 5.41) is 2.10. The van der Waals surface area contributed by atoms with E-state index in [-0.39, 0.29) is 29.9 Å². The van der Waals surface area contributed by atoms with Crippen molar-refractivity contribution in [3.63, 3.8) is 0 Å². The predicted octanol–water partition coefficient (Wildman–Crippen LogP) is 14.9. The normalized spacial score (nSPS) is 15.8. The molecule has 1 atom stereocenters. The third-order valence-electron chi connectivity index (χ3n) is 11.9. The number of anilines is 6. The fourth-order valence-corrected chi connectivity index (χ4v) is 9.68. The minimum absolute atomic E-state index is 0.0926. The summed E-state index contributed by atoms with van der Waals surface area (Å²) < 4.78 is 50.3. The van der Waals surface area contributed by atoms with Crippen molar-refractivity contribution in [2.75, 3.05) is 9.80 Å². The third-order valence-corrected chi connectivity index (χ3v) is 11.9. The van der Waals surface area contributed by atoms with Gasteiger partial charge in [0.15, 0.2) is 0 Å². The van der Waals surface area contributed by atoms with Crippen molar-refractivity contribution in [1.29, 1.82) is 0 Å². The average molecular weight is 746 g/mol. The van der Waals surface area contributed by atoms with Gasteiger partial charge in [0.25, 0.3) is 0 Å². The van der Waals surface area contributed by atoms with Gasteiger partial charge in [-0.05, 0) is 123 Å². The van der Waals surface area contributed by atoms with Crippen LogP contribution in [0.25, 0.3) is 44.2 Å². The molecule has 2 aliphatic rings. The van der Waals surface area contributed by atoms with Gasteiger partial charge in [0, 0.05) is 33.8 Å². The van der Waals surface area contributed by atoms with Crippen LogP contribution in [0.15, 0.2) is 223 Å². The number of hydrogen-bond acceptors (Lipinski definition) is 3. The number of benzene rings is 9. The number of fused-ring (bicyclic) bond motifs is 13. The molecule has 0 radical (unpaired) electrons. The van der Waals surface area contributed by atoms with E-state index < -0.39 is 11.5 Å². The predicted molar refractivity (Wildman–Crippen MR) is 239 cm³/mol. The number of nitrogens with zero attached hydrogens (tertiary/aromatic N) is 2. The Hall–Kier alpha value is -7.62. The summed E-state index contributed by atoms with van der Waals surface area (Å²) in [4.78, 5) is 4.13. The molecule has 12 rings (SSSR count). The first-order valence-electron chi connectivity index (χ1n) is 22.0. The second kappa shape index (κ2) is 12.7. The van der Waals surface area contributed by atoms with E-state index in [1.54, 1.807) is 4.90 Å². The van der Waals surface area contributed by atoms with E-state index in [0.717, 1.165) is 77.9 Å². The molecule has 3 nitrogen and oxygen atoms in total. The molecular formula is C55H36N2O.